The number of fused-ring (bicyclic) bond motifs is 1. The molecule has 5 nitrogen and oxygen atoms in total. The zero-order valence-electron chi connectivity index (χ0n) is 15.8. The number of aromatic amines is 1. The Balaban J connectivity index is 1.64. The average Bonchev–Trinajstić information content (AvgIpc) is 3.00. The Bertz CT molecular complexity index is 1240. The molecule has 1 heterocycles. The molecule has 0 amide bonds. The van der Waals surface area contributed by atoms with E-state index in [1.54, 1.807) is 18.2 Å². The van der Waals surface area contributed by atoms with Gasteiger partial charge in [0.15, 0.2) is 5.75 Å². The Labute approximate surface area is 171 Å². The van der Waals surface area contributed by atoms with Gasteiger partial charge in [-0.25, -0.2) is 26.3 Å². The number of nitriles is 1. The maximum Gasteiger partial charge on any atom is 0.225 e. The van der Waals surface area contributed by atoms with Crippen LogP contribution in [0.25, 0.3) is 22.2 Å². The summed E-state index contributed by atoms with van der Waals surface area (Å²) in [6, 6.07) is 9.44. The van der Waals surface area contributed by atoms with Gasteiger partial charge < -0.3 is 4.98 Å². The van der Waals surface area contributed by atoms with E-state index >= 15 is 0 Å². The highest BCUT2D eigenvalue weighted by Crippen LogP contribution is 2.48. The second-order valence-electron chi connectivity index (χ2n) is 7.53. The summed E-state index contributed by atoms with van der Waals surface area (Å²) in [6.45, 7) is 0.206. The summed E-state index contributed by atoms with van der Waals surface area (Å²) in [7, 11) is -3.63. The standard InChI is InChI=1S/C21H18F3N3O2S/c22-15-3-1-13(2-4-15)20-19(17-9-16(23)10-18(24)21(17)27-20)14-7-12(8-14)11-26-30(28,29)6-5-25/h1-4,9-10,12,14,26-27H,6-8,11H2/t12-,14-. The molecule has 4 rings (SSSR count). The number of benzene rings is 2. The van der Waals surface area contributed by atoms with E-state index < -0.39 is 33.2 Å². The summed E-state index contributed by atoms with van der Waals surface area (Å²) < 4.78 is 67.4. The van der Waals surface area contributed by atoms with Crippen molar-refractivity contribution in [2.24, 2.45) is 5.92 Å². The maximum absolute atomic E-state index is 14.4. The molecule has 0 aliphatic heterocycles. The number of nitrogens with one attached hydrogen (secondary N) is 2. The Morgan fingerprint density at radius 1 is 1.10 bits per heavy atom. The molecular formula is C21H18F3N3O2S. The van der Waals surface area contributed by atoms with Crippen LogP contribution in [0, 0.1) is 34.7 Å². The predicted molar refractivity (Wildman–Crippen MR) is 106 cm³/mol. The highest BCUT2D eigenvalue weighted by molar-refractivity contribution is 7.89. The third kappa shape index (κ3) is 3.93. The number of rotatable bonds is 6. The summed E-state index contributed by atoms with van der Waals surface area (Å²) in [5, 5.41) is 8.98. The molecule has 0 radical (unpaired) electrons. The Morgan fingerprint density at radius 3 is 2.47 bits per heavy atom. The third-order valence-corrected chi connectivity index (χ3v) is 6.60. The van der Waals surface area contributed by atoms with Crippen molar-refractivity contribution in [1.29, 1.82) is 5.26 Å². The first-order chi connectivity index (χ1) is 14.3. The van der Waals surface area contributed by atoms with Gasteiger partial charge in [-0.15, -0.1) is 0 Å². The zero-order valence-corrected chi connectivity index (χ0v) is 16.6. The van der Waals surface area contributed by atoms with Gasteiger partial charge in [0, 0.05) is 18.0 Å². The number of H-pyrrole nitrogens is 1. The lowest BCUT2D eigenvalue weighted by atomic mass is 9.70. The van der Waals surface area contributed by atoms with E-state index in [1.807, 2.05) is 0 Å². The van der Waals surface area contributed by atoms with Gasteiger partial charge in [0.05, 0.1) is 17.3 Å². The van der Waals surface area contributed by atoms with Crippen molar-refractivity contribution in [3.63, 3.8) is 0 Å². The van der Waals surface area contributed by atoms with Gasteiger partial charge in [-0.1, -0.05) is 0 Å². The SMILES string of the molecule is N#CCS(=O)(=O)NC[C@H]1C[C@H](c2c(-c3ccc(F)cc3)[nH]c3c(F)cc(F)cc32)C1. The molecule has 1 aliphatic rings. The van der Waals surface area contributed by atoms with E-state index in [-0.39, 0.29) is 23.9 Å². The van der Waals surface area contributed by atoms with Crippen LogP contribution in [0.1, 0.15) is 24.3 Å². The molecule has 2 aromatic carbocycles. The van der Waals surface area contributed by atoms with E-state index in [1.165, 1.54) is 18.2 Å². The minimum Gasteiger partial charge on any atom is -0.352 e. The number of hydrogen-bond donors (Lipinski definition) is 2. The number of aromatic nitrogens is 1. The van der Waals surface area contributed by atoms with Crippen molar-refractivity contribution in [2.45, 2.75) is 18.8 Å². The van der Waals surface area contributed by atoms with E-state index in [2.05, 4.69) is 9.71 Å². The van der Waals surface area contributed by atoms with Gasteiger partial charge in [0.1, 0.15) is 17.5 Å². The zero-order chi connectivity index (χ0) is 21.5. The monoisotopic (exact) mass is 433 g/mol. The summed E-state index contributed by atoms with van der Waals surface area (Å²) in [4.78, 5) is 3.02. The fourth-order valence-corrected chi connectivity index (χ4v) is 4.79. The van der Waals surface area contributed by atoms with Crippen LogP contribution in [0.4, 0.5) is 13.2 Å². The van der Waals surface area contributed by atoms with Crippen LogP contribution in [0.3, 0.4) is 0 Å². The minimum atomic E-state index is -3.63. The highest BCUT2D eigenvalue weighted by atomic mass is 32.2. The van der Waals surface area contributed by atoms with Crippen molar-refractivity contribution in [3.8, 4) is 17.3 Å². The average molecular weight is 433 g/mol. The number of sulfonamides is 1. The van der Waals surface area contributed by atoms with Crippen LogP contribution in [-0.2, 0) is 10.0 Å². The Morgan fingerprint density at radius 2 is 1.80 bits per heavy atom. The van der Waals surface area contributed by atoms with Gasteiger partial charge in [-0.05, 0) is 66.1 Å². The lowest BCUT2D eigenvalue weighted by Gasteiger charge is -2.36. The molecular weight excluding hydrogens is 415 g/mol. The molecule has 156 valence electrons. The number of hydrogen-bond acceptors (Lipinski definition) is 3. The molecule has 1 aromatic heterocycles. The fourth-order valence-electron chi connectivity index (χ4n) is 4.03. The van der Waals surface area contributed by atoms with Crippen molar-refractivity contribution < 1.29 is 21.6 Å². The van der Waals surface area contributed by atoms with Gasteiger partial charge >= 0.3 is 0 Å². The van der Waals surface area contributed by atoms with E-state index in [0.29, 0.717) is 29.5 Å². The van der Waals surface area contributed by atoms with Crippen LogP contribution in [0.5, 0.6) is 0 Å². The normalized spacial score (nSPS) is 18.9. The third-order valence-electron chi connectivity index (χ3n) is 5.49. The van der Waals surface area contributed by atoms with Crippen LogP contribution in [0.2, 0.25) is 0 Å². The van der Waals surface area contributed by atoms with Crippen molar-refractivity contribution >= 4 is 20.9 Å². The predicted octanol–water partition coefficient (Wildman–Crippen LogP) is 4.19. The molecule has 0 atom stereocenters. The smallest absolute Gasteiger partial charge is 0.225 e. The van der Waals surface area contributed by atoms with Crippen molar-refractivity contribution in [3.05, 3.63) is 59.4 Å². The second-order valence-corrected chi connectivity index (χ2v) is 9.34. The first-order valence-electron chi connectivity index (χ1n) is 9.38. The number of halogens is 3. The van der Waals surface area contributed by atoms with Crippen LogP contribution in [-0.4, -0.2) is 25.7 Å². The summed E-state index contributed by atoms with van der Waals surface area (Å²) in [5.74, 6) is -2.38. The first-order valence-corrected chi connectivity index (χ1v) is 11.0. The molecule has 30 heavy (non-hydrogen) atoms. The van der Waals surface area contributed by atoms with Crippen LogP contribution >= 0.6 is 0 Å². The molecule has 1 fully saturated rings. The van der Waals surface area contributed by atoms with Crippen LogP contribution in [0.15, 0.2) is 36.4 Å². The molecule has 1 aliphatic carbocycles. The quantitative estimate of drug-likeness (QED) is 0.611. The molecule has 9 heteroatoms. The molecule has 3 aromatic rings. The summed E-state index contributed by atoms with van der Waals surface area (Å²) in [5.41, 5.74) is 2.18. The first kappa shape index (κ1) is 20.4. The summed E-state index contributed by atoms with van der Waals surface area (Å²) in [6.07, 6.45) is 1.24. The molecule has 0 bridgehead atoms. The van der Waals surface area contributed by atoms with E-state index in [9.17, 15) is 21.6 Å². The topological polar surface area (TPSA) is 85.8 Å². The lowest BCUT2D eigenvalue weighted by molar-refractivity contribution is 0.267. The lowest BCUT2D eigenvalue weighted by Crippen LogP contribution is -2.36. The van der Waals surface area contributed by atoms with Crippen molar-refractivity contribution in [2.75, 3.05) is 12.3 Å². The molecule has 1 saturated carbocycles. The van der Waals surface area contributed by atoms with Crippen molar-refractivity contribution in [1.82, 2.24) is 9.71 Å². The molecule has 0 unspecified atom stereocenters. The Hall–Kier alpha value is -2.83. The minimum absolute atomic E-state index is 0.0366. The fraction of sp³-hybridized carbons (Fsp3) is 0.286. The highest BCUT2D eigenvalue weighted by Gasteiger charge is 2.35. The number of nitrogens with zero attached hydrogens (tertiary/aromatic N) is 1. The van der Waals surface area contributed by atoms with E-state index in [4.69, 9.17) is 5.26 Å². The molecule has 0 saturated heterocycles. The second kappa shape index (κ2) is 7.78. The van der Waals surface area contributed by atoms with Gasteiger partial charge in [0.2, 0.25) is 10.0 Å². The Kier molecular flexibility index (Phi) is 5.30. The van der Waals surface area contributed by atoms with E-state index in [0.717, 1.165) is 11.6 Å². The largest absolute Gasteiger partial charge is 0.352 e. The molecule has 2 N–H and O–H groups in total. The van der Waals surface area contributed by atoms with Gasteiger partial charge in [-0.3, -0.25) is 0 Å². The van der Waals surface area contributed by atoms with Crippen LogP contribution < -0.4 is 4.72 Å². The maximum atomic E-state index is 14.4. The van der Waals surface area contributed by atoms with Gasteiger partial charge in [-0.2, -0.15) is 5.26 Å². The summed E-state index contributed by atoms with van der Waals surface area (Å²) >= 11 is 0. The molecule has 0 spiro atoms. The van der Waals surface area contributed by atoms with Gasteiger partial charge in [0.25, 0.3) is 0 Å².